The predicted molar refractivity (Wildman–Crippen MR) is 59.3 cm³/mol. The van der Waals surface area contributed by atoms with Gasteiger partial charge in [-0.3, -0.25) is 9.69 Å². The quantitative estimate of drug-likeness (QED) is 0.606. The second-order valence-electron chi connectivity index (χ2n) is 4.31. The summed E-state index contributed by atoms with van der Waals surface area (Å²) in [6.07, 6.45) is 6.65. The third kappa shape index (κ3) is 4.62. The van der Waals surface area contributed by atoms with Gasteiger partial charge in [-0.15, -0.1) is 0 Å². The lowest BCUT2D eigenvalue weighted by Gasteiger charge is -2.27. The van der Waals surface area contributed by atoms with Gasteiger partial charge in [-0.2, -0.15) is 0 Å². The summed E-state index contributed by atoms with van der Waals surface area (Å²) in [5.74, 6) is -0.245. The van der Waals surface area contributed by atoms with Gasteiger partial charge in [0.1, 0.15) is 0 Å². The number of unbranched alkanes of at least 4 members (excludes halogenated alkanes) is 1. The summed E-state index contributed by atoms with van der Waals surface area (Å²) < 4.78 is 0. The fraction of sp³-hybridized carbons (Fsp3) is 0.909. The van der Waals surface area contributed by atoms with Crippen molar-refractivity contribution in [3.63, 3.8) is 0 Å². The first kappa shape index (κ1) is 12.5. The molecule has 0 aliphatic heterocycles. The number of rotatable bonds is 7. The van der Waals surface area contributed by atoms with E-state index in [2.05, 4.69) is 4.90 Å². The number of aliphatic hydroxyl groups is 1. The van der Waals surface area contributed by atoms with Crippen LogP contribution in [0.5, 0.6) is 0 Å². The molecule has 1 rings (SSSR count). The van der Waals surface area contributed by atoms with Gasteiger partial charge in [-0.1, -0.05) is 12.8 Å². The van der Waals surface area contributed by atoms with Gasteiger partial charge < -0.3 is 10.8 Å². The molecule has 1 aliphatic carbocycles. The summed E-state index contributed by atoms with van der Waals surface area (Å²) in [5, 5.41) is 8.72. The Balaban J connectivity index is 2.33. The summed E-state index contributed by atoms with van der Waals surface area (Å²) in [4.78, 5) is 13.1. The van der Waals surface area contributed by atoms with Crippen LogP contribution in [0.1, 0.15) is 38.5 Å². The Morgan fingerprint density at radius 1 is 1.33 bits per heavy atom. The number of amides is 1. The monoisotopic (exact) mass is 214 g/mol. The second-order valence-corrected chi connectivity index (χ2v) is 4.31. The van der Waals surface area contributed by atoms with E-state index in [4.69, 9.17) is 10.8 Å². The first-order chi connectivity index (χ1) is 7.24. The molecule has 1 saturated carbocycles. The summed E-state index contributed by atoms with van der Waals surface area (Å²) in [6, 6.07) is 0.538. The molecule has 1 amide bonds. The van der Waals surface area contributed by atoms with Gasteiger partial charge in [0.05, 0.1) is 6.54 Å². The van der Waals surface area contributed by atoms with Crippen LogP contribution in [0, 0.1) is 0 Å². The lowest BCUT2D eigenvalue weighted by molar-refractivity contribution is -0.119. The highest BCUT2D eigenvalue weighted by molar-refractivity contribution is 5.75. The summed E-state index contributed by atoms with van der Waals surface area (Å²) in [7, 11) is 0. The molecule has 4 heteroatoms. The van der Waals surface area contributed by atoms with E-state index < -0.39 is 0 Å². The van der Waals surface area contributed by atoms with Crippen LogP contribution in [0.4, 0.5) is 0 Å². The molecule has 0 atom stereocenters. The van der Waals surface area contributed by atoms with Gasteiger partial charge >= 0.3 is 0 Å². The van der Waals surface area contributed by atoms with E-state index in [1.54, 1.807) is 0 Å². The molecule has 0 aromatic rings. The molecule has 0 unspecified atom stereocenters. The van der Waals surface area contributed by atoms with Crippen LogP contribution >= 0.6 is 0 Å². The van der Waals surface area contributed by atoms with Gasteiger partial charge in [0, 0.05) is 12.6 Å². The Kier molecular flexibility index (Phi) is 5.65. The number of hydrogen-bond acceptors (Lipinski definition) is 3. The van der Waals surface area contributed by atoms with E-state index in [1.807, 2.05) is 0 Å². The van der Waals surface area contributed by atoms with Crippen molar-refractivity contribution in [1.82, 2.24) is 4.90 Å². The van der Waals surface area contributed by atoms with E-state index in [-0.39, 0.29) is 12.5 Å². The van der Waals surface area contributed by atoms with Crippen molar-refractivity contribution in [2.45, 2.75) is 44.6 Å². The number of nitrogens with zero attached hydrogens (tertiary/aromatic N) is 1. The third-order valence-electron chi connectivity index (χ3n) is 3.05. The van der Waals surface area contributed by atoms with Gasteiger partial charge in [0.2, 0.25) is 5.91 Å². The minimum atomic E-state index is -0.245. The smallest absolute Gasteiger partial charge is 0.231 e. The maximum atomic E-state index is 10.9. The maximum Gasteiger partial charge on any atom is 0.231 e. The molecule has 3 N–H and O–H groups in total. The molecule has 0 aromatic heterocycles. The van der Waals surface area contributed by atoms with Gasteiger partial charge in [-0.25, -0.2) is 0 Å². The molecule has 88 valence electrons. The summed E-state index contributed by atoms with van der Waals surface area (Å²) >= 11 is 0. The molecule has 0 bridgehead atoms. The number of nitrogens with two attached hydrogens (primary N) is 1. The van der Waals surface area contributed by atoms with Gasteiger partial charge in [0.25, 0.3) is 0 Å². The Hall–Kier alpha value is -0.610. The van der Waals surface area contributed by atoms with Crippen LogP contribution in [0.25, 0.3) is 0 Å². The number of primary amides is 1. The Morgan fingerprint density at radius 2 is 2.00 bits per heavy atom. The van der Waals surface area contributed by atoms with Crippen molar-refractivity contribution in [3.8, 4) is 0 Å². The fourth-order valence-corrected chi connectivity index (χ4v) is 2.29. The number of carbonyl (C=O) groups excluding carboxylic acids is 1. The normalized spacial score (nSPS) is 17.5. The third-order valence-corrected chi connectivity index (χ3v) is 3.05. The molecule has 0 heterocycles. The van der Waals surface area contributed by atoms with E-state index in [9.17, 15) is 4.79 Å². The Labute approximate surface area is 91.4 Å². The highest BCUT2D eigenvalue weighted by atomic mass is 16.2. The number of hydrogen-bond donors (Lipinski definition) is 2. The molecule has 1 aliphatic rings. The van der Waals surface area contributed by atoms with Crippen molar-refractivity contribution >= 4 is 5.91 Å². The molecule has 15 heavy (non-hydrogen) atoms. The molecular formula is C11H22N2O2. The van der Waals surface area contributed by atoms with Gasteiger partial charge in [0.15, 0.2) is 0 Å². The average Bonchev–Trinajstić information content (AvgIpc) is 2.68. The topological polar surface area (TPSA) is 66.6 Å². The Morgan fingerprint density at radius 3 is 2.53 bits per heavy atom. The van der Waals surface area contributed by atoms with E-state index in [0.29, 0.717) is 12.6 Å². The fourth-order valence-electron chi connectivity index (χ4n) is 2.29. The summed E-state index contributed by atoms with van der Waals surface area (Å²) in [6.45, 7) is 1.49. The molecule has 0 saturated heterocycles. The predicted octanol–water partition coefficient (Wildman–Crippen LogP) is 0.489. The molecule has 0 radical (unpaired) electrons. The van der Waals surface area contributed by atoms with Crippen molar-refractivity contribution < 1.29 is 9.90 Å². The van der Waals surface area contributed by atoms with Crippen LogP contribution in [0.2, 0.25) is 0 Å². The SMILES string of the molecule is NC(=O)CN(CCCCO)C1CCCC1. The lowest BCUT2D eigenvalue weighted by atomic mass is 10.2. The van der Waals surface area contributed by atoms with Crippen molar-refractivity contribution in [3.05, 3.63) is 0 Å². The van der Waals surface area contributed by atoms with Crippen molar-refractivity contribution in [2.24, 2.45) is 5.73 Å². The molecule has 0 aromatic carbocycles. The van der Waals surface area contributed by atoms with E-state index in [0.717, 1.165) is 19.4 Å². The minimum absolute atomic E-state index is 0.231. The number of aliphatic hydroxyl groups excluding tert-OH is 1. The van der Waals surface area contributed by atoms with Crippen LogP contribution in [0.15, 0.2) is 0 Å². The van der Waals surface area contributed by atoms with Crippen LogP contribution in [0.3, 0.4) is 0 Å². The van der Waals surface area contributed by atoms with Crippen molar-refractivity contribution in [1.29, 1.82) is 0 Å². The van der Waals surface area contributed by atoms with Crippen LogP contribution in [-0.2, 0) is 4.79 Å². The van der Waals surface area contributed by atoms with Crippen LogP contribution < -0.4 is 5.73 Å². The van der Waals surface area contributed by atoms with Crippen LogP contribution in [-0.4, -0.2) is 41.7 Å². The van der Waals surface area contributed by atoms with Gasteiger partial charge in [-0.05, 0) is 32.2 Å². The molecule has 4 nitrogen and oxygen atoms in total. The first-order valence-corrected chi connectivity index (χ1v) is 5.87. The zero-order chi connectivity index (χ0) is 11.1. The molecular weight excluding hydrogens is 192 g/mol. The minimum Gasteiger partial charge on any atom is -0.396 e. The summed E-state index contributed by atoms with van der Waals surface area (Å²) in [5.41, 5.74) is 5.24. The molecule has 0 spiro atoms. The first-order valence-electron chi connectivity index (χ1n) is 5.87. The largest absolute Gasteiger partial charge is 0.396 e. The highest BCUT2D eigenvalue weighted by Gasteiger charge is 2.22. The average molecular weight is 214 g/mol. The highest BCUT2D eigenvalue weighted by Crippen LogP contribution is 2.23. The van der Waals surface area contributed by atoms with E-state index in [1.165, 1.54) is 25.7 Å². The van der Waals surface area contributed by atoms with E-state index >= 15 is 0 Å². The second kappa shape index (κ2) is 6.80. The standard InChI is InChI=1S/C11H22N2O2/c12-11(15)9-13(7-3-4-8-14)10-5-1-2-6-10/h10,14H,1-9H2,(H2,12,15). The maximum absolute atomic E-state index is 10.9. The number of carbonyl (C=O) groups is 1. The Bertz CT molecular complexity index is 191. The zero-order valence-electron chi connectivity index (χ0n) is 9.32. The lowest BCUT2D eigenvalue weighted by Crippen LogP contribution is -2.40. The molecule has 1 fully saturated rings. The van der Waals surface area contributed by atoms with Crippen molar-refractivity contribution in [2.75, 3.05) is 19.7 Å². The zero-order valence-corrected chi connectivity index (χ0v) is 9.32.